The third kappa shape index (κ3) is 2.50. The summed E-state index contributed by atoms with van der Waals surface area (Å²) in [5, 5.41) is 21.1. The summed E-state index contributed by atoms with van der Waals surface area (Å²) >= 11 is 0. The van der Waals surface area contributed by atoms with Crippen LogP contribution in [0, 0.1) is 55.7 Å². The summed E-state index contributed by atoms with van der Waals surface area (Å²) in [7, 11) is 0. The van der Waals surface area contributed by atoms with E-state index in [9.17, 15) is 19.8 Å². The van der Waals surface area contributed by atoms with Gasteiger partial charge in [-0.3, -0.25) is 9.59 Å². The molecule has 5 saturated carbocycles. The smallest absolute Gasteiger partial charge is 0.309 e. The van der Waals surface area contributed by atoms with Crippen LogP contribution in [0.5, 0.6) is 0 Å². The lowest BCUT2D eigenvalue weighted by atomic mass is 9.34. The molecular weight excluding hydrogens is 436 g/mol. The fourth-order valence-corrected chi connectivity index (χ4v) is 11.9. The Kier molecular flexibility index (Phi) is 4.46. The van der Waals surface area contributed by atoms with Crippen molar-refractivity contribution in [1.82, 2.24) is 0 Å². The van der Waals surface area contributed by atoms with Gasteiger partial charge in [0.15, 0.2) is 5.78 Å². The van der Waals surface area contributed by atoms with E-state index in [1.165, 1.54) is 12.0 Å². The molecule has 1 spiro atoms. The molecule has 0 heterocycles. The molecule has 5 unspecified atom stereocenters. The number of allylic oxidation sites excluding steroid dienone is 2. The van der Waals surface area contributed by atoms with Crippen LogP contribution in [0.4, 0.5) is 0 Å². The van der Waals surface area contributed by atoms with Crippen LogP contribution in [0.2, 0.25) is 0 Å². The maximum atomic E-state index is 14.4. The van der Waals surface area contributed by atoms with Crippen molar-refractivity contribution < 1.29 is 19.8 Å². The zero-order valence-corrected chi connectivity index (χ0v) is 23.0. The van der Waals surface area contributed by atoms with Crippen LogP contribution in [0.15, 0.2) is 11.6 Å². The van der Waals surface area contributed by atoms with Crippen molar-refractivity contribution in [1.29, 1.82) is 0 Å². The largest absolute Gasteiger partial charge is 0.481 e. The van der Waals surface area contributed by atoms with Crippen LogP contribution in [0.3, 0.4) is 0 Å². The van der Waals surface area contributed by atoms with Crippen molar-refractivity contribution in [2.45, 2.75) is 112 Å². The number of rotatable bonds is 1. The highest BCUT2D eigenvalue weighted by atomic mass is 16.4. The molecule has 10 atom stereocenters. The third-order valence-electron chi connectivity index (χ3n) is 14.0. The minimum atomic E-state index is -0.730. The fourth-order valence-electron chi connectivity index (χ4n) is 11.9. The quantitative estimate of drug-likeness (QED) is 0.453. The highest BCUT2D eigenvalue weighted by molar-refractivity contribution is 5.96. The Labute approximate surface area is 211 Å². The number of aliphatic hydroxyl groups excluding tert-OH is 1. The number of hydrogen-bond acceptors (Lipinski definition) is 3. The second-order valence-electron chi connectivity index (χ2n) is 15.8. The minimum absolute atomic E-state index is 0.00307. The number of hydrogen-bond donors (Lipinski definition) is 2. The van der Waals surface area contributed by atoms with E-state index in [0.717, 1.165) is 44.9 Å². The third-order valence-corrected chi connectivity index (χ3v) is 14.0. The molecule has 0 bridgehead atoms. The van der Waals surface area contributed by atoms with Crippen molar-refractivity contribution in [3.05, 3.63) is 11.6 Å². The summed E-state index contributed by atoms with van der Waals surface area (Å²) in [6.45, 7) is 15.9. The molecule has 194 valence electrons. The summed E-state index contributed by atoms with van der Waals surface area (Å²) < 4.78 is 0. The monoisotopic (exact) mass is 482 g/mol. The number of carboxylic acid groups (broad SMARTS) is 1. The van der Waals surface area contributed by atoms with Gasteiger partial charge in [0.1, 0.15) is 0 Å². The number of ketones is 1. The van der Waals surface area contributed by atoms with Gasteiger partial charge in [-0.2, -0.15) is 0 Å². The van der Waals surface area contributed by atoms with Gasteiger partial charge in [0, 0.05) is 11.3 Å². The van der Waals surface area contributed by atoms with Gasteiger partial charge in [-0.15, -0.1) is 0 Å². The molecule has 0 radical (unpaired) electrons. The molecule has 2 N–H and O–H groups in total. The molecule has 5 fully saturated rings. The Morgan fingerprint density at radius 1 is 0.943 bits per heavy atom. The van der Waals surface area contributed by atoms with Crippen LogP contribution >= 0.6 is 0 Å². The van der Waals surface area contributed by atoms with Gasteiger partial charge in [-0.25, -0.2) is 0 Å². The van der Waals surface area contributed by atoms with E-state index in [-0.39, 0.29) is 44.5 Å². The van der Waals surface area contributed by atoms with Gasteiger partial charge in [-0.05, 0) is 110 Å². The Bertz CT molecular complexity index is 1060. The zero-order valence-electron chi connectivity index (χ0n) is 23.0. The van der Waals surface area contributed by atoms with Gasteiger partial charge in [-0.1, -0.05) is 47.1 Å². The van der Waals surface area contributed by atoms with Crippen molar-refractivity contribution >= 4 is 11.8 Å². The fraction of sp³-hybridized carbons (Fsp3) is 0.871. The van der Waals surface area contributed by atoms with E-state index in [1.807, 2.05) is 6.92 Å². The average molecular weight is 483 g/mol. The predicted molar refractivity (Wildman–Crippen MR) is 136 cm³/mol. The van der Waals surface area contributed by atoms with Gasteiger partial charge in [0.25, 0.3) is 0 Å². The average Bonchev–Trinajstić information content (AvgIpc) is 3.46. The first-order valence-corrected chi connectivity index (χ1v) is 14.2. The Balaban J connectivity index is 1.50. The van der Waals surface area contributed by atoms with Crippen LogP contribution in [-0.4, -0.2) is 28.1 Å². The predicted octanol–water partition coefficient (Wildman–Crippen LogP) is 6.41. The molecule has 0 saturated heterocycles. The SMILES string of the molecule is CC1(C)C2CCC3(C)[C@H](C(=O)C=C4C5(C)C[C@@](C)(C(=O)O)CCC5(C)CC5C[C@]453)[C@@]2(C)CC[C@@H]1O. The minimum Gasteiger partial charge on any atom is -0.481 e. The maximum absolute atomic E-state index is 14.4. The number of aliphatic carboxylic acids is 1. The number of carbonyl (C=O) groups is 2. The van der Waals surface area contributed by atoms with Crippen molar-refractivity contribution in [2.24, 2.45) is 55.7 Å². The maximum Gasteiger partial charge on any atom is 0.309 e. The van der Waals surface area contributed by atoms with E-state index in [4.69, 9.17) is 0 Å². The molecule has 6 rings (SSSR count). The van der Waals surface area contributed by atoms with E-state index in [1.54, 1.807) is 0 Å². The second kappa shape index (κ2) is 6.45. The Morgan fingerprint density at radius 2 is 1.63 bits per heavy atom. The van der Waals surface area contributed by atoms with Gasteiger partial charge in [0.2, 0.25) is 0 Å². The molecule has 4 nitrogen and oxygen atoms in total. The molecule has 6 aliphatic rings. The zero-order chi connectivity index (χ0) is 25.6. The summed E-state index contributed by atoms with van der Waals surface area (Å²) in [4.78, 5) is 26.7. The molecule has 35 heavy (non-hydrogen) atoms. The number of carbonyl (C=O) groups excluding carboxylic acids is 1. The summed E-state index contributed by atoms with van der Waals surface area (Å²) in [6, 6.07) is 0. The molecule has 4 heteroatoms. The van der Waals surface area contributed by atoms with Gasteiger partial charge in [0.05, 0.1) is 11.5 Å². The molecular formula is C31H46O4. The molecule has 0 aliphatic heterocycles. The second-order valence-corrected chi connectivity index (χ2v) is 15.8. The number of aliphatic hydroxyl groups is 1. The van der Waals surface area contributed by atoms with Crippen molar-refractivity contribution in [3.8, 4) is 0 Å². The van der Waals surface area contributed by atoms with E-state index < -0.39 is 11.4 Å². The lowest BCUT2D eigenvalue weighted by molar-refractivity contribution is -0.196. The van der Waals surface area contributed by atoms with Crippen molar-refractivity contribution in [3.63, 3.8) is 0 Å². The van der Waals surface area contributed by atoms with E-state index in [0.29, 0.717) is 24.0 Å². The van der Waals surface area contributed by atoms with E-state index >= 15 is 0 Å². The number of carboxylic acids is 1. The highest BCUT2D eigenvalue weighted by Crippen LogP contribution is 2.86. The molecule has 0 aromatic carbocycles. The van der Waals surface area contributed by atoms with E-state index in [2.05, 4.69) is 47.6 Å². The van der Waals surface area contributed by atoms with Crippen LogP contribution < -0.4 is 0 Å². The van der Waals surface area contributed by atoms with Crippen molar-refractivity contribution in [2.75, 3.05) is 0 Å². The topological polar surface area (TPSA) is 74.6 Å². The summed E-state index contributed by atoms with van der Waals surface area (Å²) in [5.74, 6) is 0.571. The normalized spacial score (nSPS) is 58.1. The number of fused-ring (bicyclic) bond motifs is 5. The molecule has 6 aliphatic carbocycles. The molecule has 0 amide bonds. The first-order valence-electron chi connectivity index (χ1n) is 14.2. The van der Waals surface area contributed by atoms with Crippen LogP contribution in [0.25, 0.3) is 0 Å². The molecule has 0 aromatic rings. The highest BCUT2D eigenvalue weighted by Gasteiger charge is 2.80. The summed E-state index contributed by atoms with van der Waals surface area (Å²) in [5.41, 5.74) is 0.0933. The van der Waals surface area contributed by atoms with Gasteiger partial charge < -0.3 is 10.2 Å². The lowest BCUT2D eigenvalue weighted by Gasteiger charge is -2.69. The Hall–Kier alpha value is -1.16. The lowest BCUT2D eigenvalue weighted by Crippen LogP contribution is -2.66. The summed E-state index contributed by atoms with van der Waals surface area (Å²) in [6.07, 6.45) is 10.2. The first kappa shape index (κ1) is 24.2. The first-order chi connectivity index (χ1) is 16.0. The van der Waals surface area contributed by atoms with Crippen LogP contribution in [0.1, 0.15) is 106 Å². The molecule has 0 aromatic heterocycles. The van der Waals surface area contributed by atoms with Crippen LogP contribution in [-0.2, 0) is 9.59 Å². The van der Waals surface area contributed by atoms with Gasteiger partial charge >= 0.3 is 5.97 Å². The Morgan fingerprint density at radius 3 is 2.29 bits per heavy atom. The standard InChI is InChI=1S/C31H46O4/c1-25(2)20-8-11-29(6)23(28(20,5)10-9-22(25)33)19(32)14-21-30(7)17-26(3,24(34)35)12-13-27(30,4)15-18-16-31(18,21)29/h14,18,20,22-23,33H,8-13,15-17H2,1-7H3,(H,34,35)/t18?,20?,22-,23+,26-,27?,28-,29?,30?,31+/m0/s1.